The van der Waals surface area contributed by atoms with E-state index in [-0.39, 0.29) is 12.0 Å². The molecule has 11 heteroatoms. The van der Waals surface area contributed by atoms with Gasteiger partial charge in [0.05, 0.1) is 12.7 Å². The number of hydrogen-bond acceptors (Lipinski definition) is 6. The van der Waals surface area contributed by atoms with E-state index in [9.17, 15) is 19.3 Å². The number of ether oxygens (including phenoxy) is 1. The lowest BCUT2D eigenvalue weighted by Gasteiger charge is -2.16. The van der Waals surface area contributed by atoms with Crippen LogP contribution in [0.3, 0.4) is 0 Å². The lowest BCUT2D eigenvalue weighted by Crippen LogP contribution is -2.33. The average molecular weight is 472 g/mol. The Bertz CT molecular complexity index is 942. The molecule has 180 valence electrons. The number of aliphatic hydroxyl groups excluding tert-OH is 1. The molecule has 0 saturated carbocycles. The molecule has 1 aliphatic heterocycles. The number of phosphoric ester groups is 1. The molecule has 1 unspecified atom stereocenters. The predicted molar refractivity (Wildman–Crippen MR) is 118 cm³/mol. The number of aliphatic hydroxyl groups is 1. The summed E-state index contributed by atoms with van der Waals surface area (Å²) in [7, 11) is -4.72. The van der Waals surface area contributed by atoms with Crippen molar-refractivity contribution in [2.24, 2.45) is 0 Å². The zero-order valence-corrected chi connectivity index (χ0v) is 19.3. The monoisotopic (exact) mass is 472 g/mol. The van der Waals surface area contributed by atoms with E-state index in [0.29, 0.717) is 6.42 Å². The minimum atomic E-state index is -4.72. The van der Waals surface area contributed by atoms with Crippen molar-refractivity contribution in [3.05, 3.63) is 32.6 Å². The number of unbranched alkanes of at least 4 members (excludes halogenated alkanes) is 8. The number of H-pyrrole nitrogens is 1. The van der Waals surface area contributed by atoms with Crippen molar-refractivity contribution in [1.29, 1.82) is 0 Å². The third kappa shape index (κ3) is 9.02. The Morgan fingerprint density at radius 3 is 2.50 bits per heavy atom. The first kappa shape index (κ1) is 26.5. The molecule has 2 heterocycles. The Hall–Kier alpha value is -1.73. The number of hydrogen-bond donors (Lipinski definition) is 4. The summed E-state index contributed by atoms with van der Waals surface area (Å²) in [5.41, 5.74) is -1.22. The number of nitrogens with one attached hydrogen (secondary N) is 1. The smallest absolute Gasteiger partial charge is 0.390 e. The number of nitrogens with zero attached hydrogens (tertiary/aromatic N) is 1. The highest BCUT2D eigenvalue weighted by molar-refractivity contribution is 7.46. The summed E-state index contributed by atoms with van der Waals surface area (Å²) < 4.78 is 21.8. The van der Waals surface area contributed by atoms with Crippen LogP contribution in [-0.2, 0) is 13.8 Å². The van der Waals surface area contributed by atoms with Gasteiger partial charge in [-0.2, -0.15) is 0 Å². The molecule has 1 aromatic heterocycles. The molecule has 0 spiro atoms. The summed E-state index contributed by atoms with van der Waals surface area (Å²) in [5, 5.41) is 10.1. The summed E-state index contributed by atoms with van der Waals surface area (Å²) >= 11 is 0. The van der Waals surface area contributed by atoms with Crippen molar-refractivity contribution in [3.8, 4) is 11.8 Å². The molecule has 32 heavy (non-hydrogen) atoms. The van der Waals surface area contributed by atoms with Crippen LogP contribution >= 0.6 is 7.82 Å². The standard InChI is InChI=1S/C21H33N2O8P/c1-2-3-4-5-6-7-8-9-10-11-12-16-14-23(21(26)22-20(16)25)19-13-17(24)18(31-19)15-30-32(27,28)29/h14,17-19,24H,2-10,13,15H2,1H3,(H,22,25,26)(H2,27,28,29)/t17?,18-,19-/m1/s1. The van der Waals surface area contributed by atoms with E-state index >= 15 is 0 Å². The Kier molecular flexibility index (Phi) is 10.9. The number of aromatic amines is 1. The molecule has 0 radical (unpaired) electrons. The third-order valence-corrected chi connectivity index (χ3v) is 5.75. The van der Waals surface area contributed by atoms with Crippen LogP contribution < -0.4 is 11.2 Å². The summed E-state index contributed by atoms with van der Waals surface area (Å²) in [6.07, 6.45) is 8.38. The van der Waals surface area contributed by atoms with Crippen molar-refractivity contribution in [2.45, 2.75) is 89.6 Å². The second-order valence-electron chi connectivity index (χ2n) is 7.95. The molecular formula is C21H33N2O8P. The van der Waals surface area contributed by atoms with Crippen LogP contribution in [0.25, 0.3) is 0 Å². The van der Waals surface area contributed by atoms with E-state index < -0.39 is 44.1 Å². The van der Waals surface area contributed by atoms with Crippen LogP contribution in [0.4, 0.5) is 0 Å². The van der Waals surface area contributed by atoms with Gasteiger partial charge in [0.1, 0.15) is 17.9 Å². The van der Waals surface area contributed by atoms with Gasteiger partial charge < -0.3 is 19.6 Å². The average Bonchev–Trinajstić information content (AvgIpc) is 3.09. The van der Waals surface area contributed by atoms with Crippen molar-refractivity contribution in [3.63, 3.8) is 0 Å². The largest absolute Gasteiger partial charge is 0.469 e. The maximum atomic E-state index is 12.2. The van der Waals surface area contributed by atoms with E-state index in [2.05, 4.69) is 28.3 Å². The van der Waals surface area contributed by atoms with Gasteiger partial charge in [-0.25, -0.2) is 9.36 Å². The summed E-state index contributed by atoms with van der Waals surface area (Å²) in [4.78, 5) is 44.0. The minimum absolute atomic E-state index is 0.00768. The zero-order chi connectivity index (χ0) is 23.6. The van der Waals surface area contributed by atoms with Crippen LogP contribution in [0.15, 0.2) is 15.8 Å². The van der Waals surface area contributed by atoms with Crippen molar-refractivity contribution in [2.75, 3.05) is 6.61 Å². The van der Waals surface area contributed by atoms with E-state index in [1.54, 1.807) is 0 Å². The lowest BCUT2D eigenvalue weighted by atomic mass is 10.1. The summed E-state index contributed by atoms with van der Waals surface area (Å²) in [5.74, 6) is 5.75. The molecule has 1 fully saturated rings. The maximum Gasteiger partial charge on any atom is 0.469 e. The van der Waals surface area contributed by atoms with Gasteiger partial charge in [0.2, 0.25) is 0 Å². The van der Waals surface area contributed by atoms with Crippen LogP contribution in [0, 0.1) is 11.8 Å². The highest BCUT2D eigenvalue weighted by atomic mass is 31.2. The first-order valence-corrected chi connectivity index (χ1v) is 12.6. The van der Waals surface area contributed by atoms with E-state index in [0.717, 1.165) is 17.4 Å². The van der Waals surface area contributed by atoms with Gasteiger partial charge in [-0.3, -0.25) is 18.9 Å². The third-order valence-electron chi connectivity index (χ3n) is 5.27. The quantitative estimate of drug-likeness (QED) is 0.205. The highest BCUT2D eigenvalue weighted by Crippen LogP contribution is 2.38. The zero-order valence-electron chi connectivity index (χ0n) is 18.4. The Labute approximate surface area is 187 Å². The Balaban J connectivity index is 1.91. The summed E-state index contributed by atoms with van der Waals surface area (Å²) in [6.45, 7) is 1.66. The number of phosphoric acid groups is 1. The maximum absolute atomic E-state index is 12.2. The fourth-order valence-electron chi connectivity index (χ4n) is 3.50. The fourth-order valence-corrected chi connectivity index (χ4v) is 3.84. The van der Waals surface area contributed by atoms with Gasteiger partial charge >= 0.3 is 13.5 Å². The Morgan fingerprint density at radius 2 is 1.84 bits per heavy atom. The Morgan fingerprint density at radius 1 is 1.19 bits per heavy atom. The van der Waals surface area contributed by atoms with E-state index in [1.807, 2.05) is 0 Å². The van der Waals surface area contributed by atoms with Crippen LogP contribution in [0.5, 0.6) is 0 Å². The SMILES string of the molecule is CCCCCCCCCCC#Cc1cn([C@H]2CC(O)[C@@H](COP(=O)(O)O)O2)c(=O)[nH]c1=O. The summed E-state index contributed by atoms with van der Waals surface area (Å²) in [6, 6.07) is 0. The van der Waals surface area contributed by atoms with Crippen molar-refractivity contribution >= 4 is 7.82 Å². The second-order valence-corrected chi connectivity index (χ2v) is 9.19. The van der Waals surface area contributed by atoms with Gasteiger partial charge in [-0.1, -0.05) is 63.7 Å². The van der Waals surface area contributed by atoms with Gasteiger partial charge in [0, 0.05) is 19.0 Å². The fraction of sp³-hybridized carbons (Fsp3) is 0.714. The number of aromatic nitrogens is 2. The minimum Gasteiger partial charge on any atom is -0.390 e. The van der Waals surface area contributed by atoms with Crippen molar-refractivity contribution < 1.29 is 28.7 Å². The molecule has 4 N–H and O–H groups in total. The van der Waals surface area contributed by atoms with Crippen LogP contribution in [0.2, 0.25) is 0 Å². The number of rotatable bonds is 12. The second kappa shape index (κ2) is 13.1. The highest BCUT2D eigenvalue weighted by Gasteiger charge is 2.37. The molecule has 1 aliphatic rings. The molecule has 2 rings (SSSR count). The normalized spacial score (nSPS) is 20.8. The molecule has 0 bridgehead atoms. The van der Waals surface area contributed by atoms with Gasteiger partial charge in [-0.05, 0) is 6.42 Å². The lowest BCUT2D eigenvalue weighted by molar-refractivity contribution is -0.0451. The first-order chi connectivity index (χ1) is 15.2. The molecule has 0 aliphatic carbocycles. The molecule has 10 nitrogen and oxygen atoms in total. The van der Waals surface area contributed by atoms with Crippen molar-refractivity contribution in [1.82, 2.24) is 9.55 Å². The van der Waals surface area contributed by atoms with Gasteiger partial charge in [0.15, 0.2) is 0 Å². The molecule has 3 atom stereocenters. The van der Waals surface area contributed by atoms with E-state index in [4.69, 9.17) is 14.5 Å². The molecule has 1 saturated heterocycles. The first-order valence-electron chi connectivity index (χ1n) is 11.1. The van der Waals surface area contributed by atoms with Gasteiger partial charge in [0.25, 0.3) is 5.56 Å². The topological polar surface area (TPSA) is 151 Å². The molecule has 0 aromatic carbocycles. The predicted octanol–water partition coefficient (Wildman–Crippen LogP) is 2.18. The van der Waals surface area contributed by atoms with Gasteiger partial charge in [-0.15, -0.1) is 0 Å². The van der Waals surface area contributed by atoms with Crippen LogP contribution in [0.1, 0.15) is 82.9 Å². The van der Waals surface area contributed by atoms with E-state index in [1.165, 1.54) is 44.7 Å². The molecule has 0 amide bonds. The van der Waals surface area contributed by atoms with Crippen LogP contribution in [-0.4, -0.2) is 43.3 Å². The molecular weight excluding hydrogens is 439 g/mol. The molecule has 1 aromatic rings.